The standard InChI is InChI=1S/C8H5ClFNO4/c1-4(12)15-8-3-7(11(13)14)6(10)2-5(8)9/h2-3H,1H3. The lowest BCUT2D eigenvalue weighted by Crippen LogP contribution is -2.03. The zero-order valence-corrected chi connectivity index (χ0v) is 8.25. The van der Waals surface area contributed by atoms with Gasteiger partial charge in [0.1, 0.15) is 0 Å². The summed E-state index contributed by atoms with van der Waals surface area (Å²) in [6.45, 7) is 1.10. The molecule has 1 aromatic carbocycles. The normalized spacial score (nSPS) is 9.80. The smallest absolute Gasteiger partial charge is 0.308 e. The second-order valence-electron chi connectivity index (χ2n) is 2.58. The van der Waals surface area contributed by atoms with Crippen molar-refractivity contribution in [2.24, 2.45) is 0 Å². The van der Waals surface area contributed by atoms with E-state index in [9.17, 15) is 19.3 Å². The Hall–Kier alpha value is -1.69. The number of nitrogens with zero attached hydrogens (tertiary/aromatic N) is 1. The Kier molecular flexibility index (Phi) is 3.21. The van der Waals surface area contributed by atoms with Gasteiger partial charge in [-0.15, -0.1) is 0 Å². The average Bonchev–Trinajstić information content (AvgIpc) is 2.08. The largest absolute Gasteiger partial charge is 0.425 e. The fraction of sp³-hybridized carbons (Fsp3) is 0.125. The first-order valence-electron chi connectivity index (χ1n) is 3.73. The van der Waals surface area contributed by atoms with E-state index in [0.717, 1.165) is 19.1 Å². The number of nitro groups is 1. The molecule has 5 nitrogen and oxygen atoms in total. The highest BCUT2D eigenvalue weighted by molar-refractivity contribution is 6.32. The van der Waals surface area contributed by atoms with E-state index in [1.807, 2.05) is 0 Å². The Morgan fingerprint density at radius 3 is 2.67 bits per heavy atom. The van der Waals surface area contributed by atoms with E-state index < -0.39 is 22.4 Å². The van der Waals surface area contributed by atoms with Crippen molar-refractivity contribution in [3.63, 3.8) is 0 Å². The molecule has 0 fully saturated rings. The monoisotopic (exact) mass is 233 g/mol. The van der Waals surface area contributed by atoms with Crippen LogP contribution >= 0.6 is 11.6 Å². The SMILES string of the molecule is CC(=O)Oc1cc([N+](=O)[O-])c(F)cc1Cl. The highest BCUT2D eigenvalue weighted by atomic mass is 35.5. The molecule has 0 atom stereocenters. The minimum atomic E-state index is -1.08. The van der Waals surface area contributed by atoms with Gasteiger partial charge in [-0.05, 0) is 0 Å². The van der Waals surface area contributed by atoms with Crippen LogP contribution in [0.3, 0.4) is 0 Å². The number of carbonyl (C=O) groups excluding carboxylic acids is 1. The van der Waals surface area contributed by atoms with Crippen LogP contribution in [0.1, 0.15) is 6.92 Å². The molecule has 7 heteroatoms. The van der Waals surface area contributed by atoms with Crippen molar-refractivity contribution in [3.05, 3.63) is 33.1 Å². The fourth-order valence-corrected chi connectivity index (χ4v) is 1.08. The Bertz CT molecular complexity index is 435. The van der Waals surface area contributed by atoms with Crippen molar-refractivity contribution in [3.8, 4) is 5.75 Å². The van der Waals surface area contributed by atoms with Gasteiger partial charge in [-0.25, -0.2) is 0 Å². The van der Waals surface area contributed by atoms with Crippen LogP contribution < -0.4 is 4.74 Å². The van der Waals surface area contributed by atoms with E-state index in [0.29, 0.717) is 0 Å². The quantitative estimate of drug-likeness (QED) is 0.340. The second kappa shape index (κ2) is 4.22. The van der Waals surface area contributed by atoms with E-state index in [-0.39, 0.29) is 10.8 Å². The first kappa shape index (κ1) is 11.4. The van der Waals surface area contributed by atoms with E-state index >= 15 is 0 Å². The number of carbonyl (C=O) groups is 1. The lowest BCUT2D eigenvalue weighted by Gasteiger charge is -2.03. The maximum atomic E-state index is 13.0. The minimum Gasteiger partial charge on any atom is -0.425 e. The van der Waals surface area contributed by atoms with Crippen LogP contribution in [0.2, 0.25) is 5.02 Å². The number of rotatable bonds is 2. The molecule has 0 saturated heterocycles. The Morgan fingerprint density at radius 2 is 2.20 bits per heavy atom. The van der Waals surface area contributed by atoms with E-state index in [1.54, 1.807) is 0 Å². The van der Waals surface area contributed by atoms with Gasteiger partial charge in [-0.1, -0.05) is 11.6 Å². The molecule has 0 aliphatic rings. The molecule has 0 heterocycles. The number of nitro benzene ring substituents is 1. The summed E-state index contributed by atoms with van der Waals surface area (Å²) in [4.78, 5) is 20.0. The Morgan fingerprint density at radius 1 is 1.60 bits per heavy atom. The van der Waals surface area contributed by atoms with Crippen LogP contribution in [0.15, 0.2) is 12.1 Å². The van der Waals surface area contributed by atoms with Gasteiger partial charge in [-0.2, -0.15) is 4.39 Å². The topological polar surface area (TPSA) is 69.4 Å². The van der Waals surface area contributed by atoms with Crippen molar-refractivity contribution in [2.75, 3.05) is 0 Å². The molecule has 0 radical (unpaired) electrons. The minimum absolute atomic E-state index is 0.201. The second-order valence-corrected chi connectivity index (χ2v) is 2.99. The molecule has 0 amide bonds. The summed E-state index contributed by atoms with van der Waals surface area (Å²) in [5, 5.41) is 10.2. The zero-order chi connectivity index (χ0) is 11.6. The summed E-state index contributed by atoms with van der Waals surface area (Å²) in [5.74, 6) is -2.02. The molecule has 0 spiro atoms. The van der Waals surface area contributed by atoms with E-state index in [4.69, 9.17) is 11.6 Å². The Balaban J connectivity index is 3.23. The van der Waals surface area contributed by atoms with Crippen molar-refractivity contribution in [1.29, 1.82) is 0 Å². The fourth-order valence-electron chi connectivity index (χ4n) is 0.891. The molecule has 0 unspecified atom stereocenters. The number of esters is 1. The molecule has 0 bridgehead atoms. The average molecular weight is 234 g/mol. The van der Waals surface area contributed by atoms with Gasteiger partial charge in [0.05, 0.1) is 16.0 Å². The van der Waals surface area contributed by atoms with Crippen LogP contribution in [0, 0.1) is 15.9 Å². The molecule has 1 rings (SSSR count). The molecule has 15 heavy (non-hydrogen) atoms. The molecule has 1 aromatic rings. The van der Waals surface area contributed by atoms with Gasteiger partial charge in [0.25, 0.3) is 0 Å². The molecule has 0 aliphatic heterocycles. The molecule has 80 valence electrons. The highest BCUT2D eigenvalue weighted by Gasteiger charge is 2.19. The van der Waals surface area contributed by atoms with Gasteiger partial charge in [0, 0.05) is 13.0 Å². The lowest BCUT2D eigenvalue weighted by molar-refractivity contribution is -0.387. The third-order valence-corrected chi connectivity index (χ3v) is 1.75. The molecular formula is C8H5ClFNO4. The number of ether oxygens (including phenoxy) is 1. The third-order valence-electron chi connectivity index (χ3n) is 1.45. The van der Waals surface area contributed by atoms with Crippen LogP contribution in [0.4, 0.5) is 10.1 Å². The van der Waals surface area contributed by atoms with Gasteiger partial charge in [0.15, 0.2) is 5.75 Å². The number of benzene rings is 1. The lowest BCUT2D eigenvalue weighted by atomic mass is 10.3. The van der Waals surface area contributed by atoms with Gasteiger partial charge < -0.3 is 4.74 Å². The summed E-state index contributed by atoms with van der Waals surface area (Å²) in [6.07, 6.45) is 0. The third kappa shape index (κ3) is 2.63. The zero-order valence-electron chi connectivity index (χ0n) is 7.49. The van der Waals surface area contributed by atoms with Crippen LogP contribution in [0.5, 0.6) is 5.75 Å². The number of hydrogen-bond donors (Lipinski definition) is 0. The summed E-state index contributed by atoms with van der Waals surface area (Å²) < 4.78 is 17.5. The number of halogens is 2. The summed E-state index contributed by atoms with van der Waals surface area (Å²) >= 11 is 5.51. The van der Waals surface area contributed by atoms with Crippen LogP contribution in [-0.2, 0) is 4.79 Å². The maximum Gasteiger partial charge on any atom is 0.308 e. The number of hydrogen-bond acceptors (Lipinski definition) is 4. The first-order chi connectivity index (χ1) is 6.91. The predicted octanol–water partition coefficient (Wildman–Crippen LogP) is 2.31. The molecular weight excluding hydrogens is 229 g/mol. The van der Waals surface area contributed by atoms with E-state index in [2.05, 4.69) is 4.74 Å². The molecule has 0 aliphatic carbocycles. The van der Waals surface area contributed by atoms with Crippen LogP contribution in [0.25, 0.3) is 0 Å². The summed E-state index contributed by atoms with van der Waals surface area (Å²) in [7, 11) is 0. The van der Waals surface area contributed by atoms with Crippen molar-refractivity contribution < 1.29 is 18.8 Å². The summed E-state index contributed by atoms with van der Waals surface area (Å²) in [5.41, 5.74) is -0.796. The predicted molar refractivity (Wildman–Crippen MR) is 49.4 cm³/mol. The molecule has 0 aromatic heterocycles. The van der Waals surface area contributed by atoms with E-state index in [1.165, 1.54) is 0 Å². The van der Waals surface area contributed by atoms with Crippen molar-refractivity contribution >= 4 is 23.3 Å². The van der Waals surface area contributed by atoms with Crippen molar-refractivity contribution in [1.82, 2.24) is 0 Å². The first-order valence-corrected chi connectivity index (χ1v) is 4.11. The van der Waals surface area contributed by atoms with Gasteiger partial charge in [0.2, 0.25) is 5.82 Å². The van der Waals surface area contributed by atoms with Gasteiger partial charge >= 0.3 is 11.7 Å². The van der Waals surface area contributed by atoms with Crippen molar-refractivity contribution in [2.45, 2.75) is 6.92 Å². The van der Waals surface area contributed by atoms with Crippen LogP contribution in [-0.4, -0.2) is 10.9 Å². The summed E-state index contributed by atoms with van der Waals surface area (Å²) in [6, 6.07) is 1.48. The molecule has 0 N–H and O–H groups in total. The molecule has 0 saturated carbocycles. The highest BCUT2D eigenvalue weighted by Crippen LogP contribution is 2.31. The van der Waals surface area contributed by atoms with Gasteiger partial charge in [-0.3, -0.25) is 14.9 Å². The maximum absolute atomic E-state index is 13.0. The Labute approximate surface area is 88.6 Å².